The highest BCUT2D eigenvalue weighted by molar-refractivity contribution is 6.02. The molecule has 2 aromatic carbocycles. The number of nitrogens with one attached hydrogen (secondary N) is 5. The highest BCUT2D eigenvalue weighted by Crippen LogP contribution is 2.17. The van der Waals surface area contributed by atoms with Crippen molar-refractivity contribution in [3.05, 3.63) is 60.2 Å². The number of nitrogens with two attached hydrogens (primary N) is 1. The lowest BCUT2D eigenvalue weighted by Crippen LogP contribution is -2.39. The minimum atomic E-state index is -0.554. The van der Waals surface area contributed by atoms with Crippen molar-refractivity contribution in [2.24, 2.45) is 5.73 Å². The van der Waals surface area contributed by atoms with E-state index in [0.29, 0.717) is 6.54 Å². The minimum absolute atomic E-state index is 0.0151. The van der Waals surface area contributed by atoms with Crippen LogP contribution in [0.3, 0.4) is 0 Å². The van der Waals surface area contributed by atoms with Gasteiger partial charge in [-0.15, -0.1) is 0 Å². The highest BCUT2D eigenvalue weighted by Gasteiger charge is 2.05. The molecule has 0 fully saturated rings. The molecule has 0 radical (unpaired) electrons. The van der Waals surface area contributed by atoms with Gasteiger partial charge in [-0.3, -0.25) is 16.1 Å². The van der Waals surface area contributed by atoms with Crippen LogP contribution in [0.4, 0.5) is 5.69 Å². The molecule has 0 aliphatic heterocycles. The van der Waals surface area contributed by atoms with Gasteiger partial charge >= 0.3 is 0 Å². The molecule has 0 aromatic heterocycles. The Balaban J connectivity index is 0.000000251. The van der Waals surface area contributed by atoms with Crippen molar-refractivity contribution in [2.45, 2.75) is 6.10 Å². The molecule has 9 N–H and O–H groups in total. The summed E-state index contributed by atoms with van der Waals surface area (Å²) in [7, 11) is 1.77. The van der Waals surface area contributed by atoms with Crippen LogP contribution < -0.4 is 21.7 Å². The van der Waals surface area contributed by atoms with E-state index in [4.69, 9.17) is 21.7 Å². The van der Waals surface area contributed by atoms with Gasteiger partial charge in [-0.05, 0) is 36.9 Å². The number of aliphatic hydroxyl groups is 1. The second kappa shape index (κ2) is 10.6. The molecule has 0 aliphatic rings. The number of hydrogen-bond donors (Lipinski definition) is 8. The fourth-order valence-corrected chi connectivity index (χ4v) is 1.88. The number of para-hydroxylation sites is 1. The summed E-state index contributed by atoms with van der Waals surface area (Å²) in [6.07, 6.45) is -0.554. The Bertz CT molecular complexity index is 678. The van der Waals surface area contributed by atoms with Crippen molar-refractivity contribution < 1.29 is 10.2 Å². The number of aromatic hydroxyl groups is 1. The topological polar surface area (TPSA) is 150 Å². The van der Waals surface area contributed by atoms with Gasteiger partial charge in [0.2, 0.25) is 0 Å². The van der Waals surface area contributed by atoms with Crippen LogP contribution in [0.25, 0.3) is 0 Å². The van der Waals surface area contributed by atoms with Crippen LogP contribution in [0, 0.1) is 10.8 Å². The third-order valence-electron chi connectivity index (χ3n) is 2.96. The van der Waals surface area contributed by atoms with Gasteiger partial charge in [0, 0.05) is 12.2 Å². The Labute approximate surface area is 146 Å². The van der Waals surface area contributed by atoms with Crippen molar-refractivity contribution in [1.82, 2.24) is 10.6 Å². The van der Waals surface area contributed by atoms with E-state index >= 15 is 0 Å². The van der Waals surface area contributed by atoms with Gasteiger partial charge in [0.25, 0.3) is 0 Å². The van der Waals surface area contributed by atoms with Crippen molar-refractivity contribution in [3.8, 4) is 5.75 Å². The molecule has 0 spiro atoms. The standard InChI is InChI=1S/C9H13NO2.C8H11N5/c1-10-6-9(12)7-3-2-4-8(11)5-7;9-7(10)13-8(11)12-6-4-2-1-3-5-6/h2-5,9-12H,6H2,1H3;1-5H,(H6,9,10,11,12,13)/t9-;/m0./s1. The first-order chi connectivity index (χ1) is 11.9. The molecule has 0 saturated carbocycles. The second-order valence-corrected chi connectivity index (χ2v) is 5.07. The number of hydrogen-bond acceptors (Lipinski definition) is 5. The van der Waals surface area contributed by atoms with Gasteiger partial charge in [0.05, 0.1) is 6.10 Å². The van der Waals surface area contributed by atoms with Crippen molar-refractivity contribution in [3.63, 3.8) is 0 Å². The number of phenols is 1. The van der Waals surface area contributed by atoms with Gasteiger partial charge in [0.15, 0.2) is 11.9 Å². The molecule has 0 heterocycles. The van der Waals surface area contributed by atoms with Crippen LogP contribution in [0.5, 0.6) is 5.75 Å². The third kappa shape index (κ3) is 8.35. The van der Waals surface area contributed by atoms with Gasteiger partial charge in [-0.2, -0.15) is 0 Å². The fourth-order valence-electron chi connectivity index (χ4n) is 1.88. The summed E-state index contributed by atoms with van der Waals surface area (Å²) in [5, 5.41) is 40.7. The maximum atomic E-state index is 9.47. The van der Waals surface area contributed by atoms with Gasteiger partial charge in [0.1, 0.15) is 5.75 Å². The molecule has 0 aliphatic carbocycles. The lowest BCUT2D eigenvalue weighted by atomic mass is 10.1. The predicted octanol–water partition coefficient (Wildman–Crippen LogP) is 1.16. The summed E-state index contributed by atoms with van der Waals surface area (Å²) in [5.41, 5.74) is 6.54. The summed E-state index contributed by atoms with van der Waals surface area (Å²) < 4.78 is 0. The summed E-state index contributed by atoms with van der Waals surface area (Å²) in [6, 6.07) is 15.8. The highest BCUT2D eigenvalue weighted by atomic mass is 16.3. The summed E-state index contributed by atoms with van der Waals surface area (Å²) in [5.74, 6) is -0.0882. The summed E-state index contributed by atoms with van der Waals surface area (Å²) >= 11 is 0. The Morgan fingerprint density at radius 2 is 1.80 bits per heavy atom. The average molecular weight is 344 g/mol. The number of benzene rings is 2. The third-order valence-corrected chi connectivity index (χ3v) is 2.96. The Morgan fingerprint density at radius 1 is 1.12 bits per heavy atom. The zero-order chi connectivity index (χ0) is 18.7. The lowest BCUT2D eigenvalue weighted by molar-refractivity contribution is 0.177. The molecular formula is C17H24N6O2. The molecule has 8 nitrogen and oxygen atoms in total. The molecule has 25 heavy (non-hydrogen) atoms. The Hall–Kier alpha value is -3.10. The lowest BCUT2D eigenvalue weighted by Gasteiger charge is -2.09. The first-order valence-corrected chi connectivity index (χ1v) is 7.55. The van der Waals surface area contributed by atoms with Gasteiger partial charge in [-0.25, -0.2) is 0 Å². The van der Waals surface area contributed by atoms with Crippen LogP contribution in [-0.2, 0) is 0 Å². The maximum Gasteiger partial charge on any atom is 0.199 e. The number of guanidine groups is 2. The van der Waals surface area contributed by atoms with Crippen molar-refractivity contribution in [2.75, 3.05) is 18.9 Å². The quantitative estimate of drug-likeness (QED) is 0.308. The number of phenolic OH excluding ortho intramolecular Hbond substituents is 1. The largest absolute Gasteiger partial charge is 0.508 e. The van der Waals surface area contributed by atoms with E-state index < -0.39 is 6.10 Å². The first-order valence-electron chi connectivity index (χ1n) is 7.55. The van der Waals surface area contributed by atoms with E-state index in [2.05, 4.69) is 16.0 Å². The SMILES string of the molecule is CNC[C@H](O)c1cccc(O)c1.N=C(N)NC(=N)Nc1ccccc1. The van der Waals surface area contributed by atoms with E-state index in [9.17, 15) is 5.11 Å². The molecule has 0 saturated heterocycles. The van der Waals surface area contributed by atoms with E-state index in [0.717, 1.165) is 11.3 Å². The van der Waals surface area contributed by atoms with Crippen LogP contribution in [-0.4, -0.2) is 35.7 Å². The molecule has 0 unspecified atom stereocenters. The molecule has 2 aromatic rings. The van der Waals surface area contributed by atoms with Crippen molar-refractivity contribution >= 4 is 17.6 Å². The van der Waals surface area contributed by atoms with E-state index in [-0.39, 0.29) is 17.7 Å². The van der Waals surface area contributed by atoms with Crippen LogP contribution in [0.15, 0.2) is 54.6 Å². The molecule has 2 rings (SSSR count). The smallest absolute Gasteiger partial charge is 0.199 e. The number of aliphatic hydroxyl groups excluding tert-OH is 1. The molecule has 0 bridgehead atoms. The number of anilines is 1. The average Bonchev–Trinajstić information content (AvgIpc) is 2.56. The van der Waals surface area contributed by atoms with E-state index in [1.807, 2.05) is 30.3 Å². The maximum absolute atomic E-state index is 9.47. The molecule has 1 atom stereocenters. The van der Waals surface area contributed by atoms with Gasteiger partial charge < -0.3 is 26.6 Å². The van der Waals surface area contributed by atoms with E-state index in [1.54, 1.807) is 31.3 Å². The van der Waals surface area contributed by atoms with Crippen LogP contribution >= 0.6 is 0 Å². The number of likely N-dealkylation sites (N-methyl/N-ethyl adjacent to an activating group) is 1. The zero-order valence-corrected chi connectivity index (χ0v) is 14.0. The fraction of sp³-hybridized carbons (Fsp3) is 0.176. The molecule has 8 heteroatoms. The minimum Gasteiger partial charge on any atom is -0.508 e. The number of rotatable bonds is 4. The van der Waals surface area contributed by atoms with Gasteiger partial charge in [-0.1, -0.05) is 30.3 Å². The summed E-state index contributed by atoms with van der Waals surface area (Å²) in [4.78, 5) is 0. The predicted molar refractivity (Wildman–Crippen MR) is 99.8 cm³/mol. The monoisotopic (exact) mass is 344 g/mol. The van der Waals surface area contributed by atoms with E-state index in [1.165, 1.54) is 0 Å². The van der Waals surface area contributed by atoms with Crippen molar-refractivity contribution in [1.29, 1.82) is 10.8 Å². The Kier molecular flexibility index (Phi) is 8.48. The molecule has 0 amide bonds. The first kappa shape index (κ1) is 19.9. The Morgan fingerprint density at radius 3 is 2.36 bits per heavy atom. The summed E-state index contributed by atoms with van der Waals surface area (Å²) in [6.45, 7) is 0.490. The molecular weight excluding hydrogens is 320 g/mol. The second-order valence-electron chi connectivity index (χ2n) is 5.07. The zero-order valence-electron chi connectivity index (χ0n) is 14.0. The van der Waals surface area contributed by atoms with Crippen LogP contribution in [0.2, 0.25) is 0 Å². The molecule has 134 valence electrons. The normalized spacial score (nSPS) is 10.8. The van der Waals surface area contributed by atoms with Crippen LogP contribution in [0.1, 0.15) is 11.7 Å².